The molecule has 10 heteroatoms. The Labute approximate surface area is 180 Å². The lowest BCUT2D eigenvalue weighted by Crippen LogP contribution is -2.53. The van der Waals surface area contributed by atoms with Crippen LogP contribution in [0.4, 0.5) is 4.79 Å². The lowest BCUT2D eigenvalue weighted by atomic mass is 10.2. The maximum atomic E-state index is 12.0. The molecule has 0 aromatic carbocycles. The number of halogens is 2. The van der Waals surface area contributed by atoms with Crippen LogP contribution in [0.1, 0.15) is 31.8 Å². The summed E-state index contributed by atoms with van der Waals surface area (Å²) in [5.74, 6) is 0.366. The van der Waals surface area contributed by atoms with Crippen molar-refractivity contribution in [1.82, 2.24) is 9.80 Å². The van der Waals surface area contributed by atoms with E-state index in [2.05, 4.69) is 4.99 Å². The maximum Gasteiger partial charge on any atom is 0.410 e. The van der Waals surface area contributed by atoms with Crippen molar-refractivity contribution >= 4 is 59.0 Å². The van der Waals surface area contributed by atoms with Crippen molar-refractivity contribution in [2.75, 3.05) is 32.7 Å². The zero-order chi connectivity index (χ0) is 18.6. The summed E-state index contributed by atoms with van der Waals surface area (Å²) in [6.07, 6.45) is -1.04. The van der Waals surface area contributed by atoms with Gasteiger partial charge in [0, 0.05) is 31.1 Å². The highest BCUT2D eigenvalue weighted by Gasteiger charge is 2.26. The van der Waals surface area contributed by atoms with Gasteiger partial charge in [-0.1, -0.05) is 11.6 Å². The predicted molar refractivity (Wildman–Crippen MR) is 116 cm³/mol. The summed E-state index contributed by atoms with van der Waals surface area (Å²) in [5.41, 5.74) is 5.51. The Balaban J connectivity index is 0.00000338. The number of nitrogens with zero attached hydrogens (tertiary/aromatic N) is 3. The van der Waals surface area contributed by atoms with E-state index in [1.54, 1.807) is 17.0 Å². The van der Waals surface area contributed by atoms with Crippen molar-refractivity contribution in [3.63, 3.8) is 0 Å². The first kappa shape index (κ1) is 23.3. The Morgan fingerprint density at radius 2 is 1.92 bits per heavy atom. The van der Waals surface area contributed by atoms with Gasteiger partial charge in [0.2, 0.25) is 0 Å². The summed E-state index contributed by atoms with van der Waals surface area (Å²) < 4.78 is 6.00. The van der Waals surface area contributed by atoms with Gasteiger partial charge in [-0.15, -0.1) is 35.3 Å². The minimum Gasteiger partial charge on any atom is -0.444 e. The highest BCUT2D eigenvalue weighted by Crippen LogP contribution is 2.27. The van der Waals surface area contributed by atoms with Crippen LogP contribution in [0, 0.1) is 0 Å². The Hall–Kier alpha value is -0.780. The predicted octanol–water partition coefficient (Wildman–Crippen LogP) is 2.92. The summed E-state index contributed by atoms with van der Waals surface area (Å²) in [6.45, 7) is 7.91. The molecule has 1 amide bonds. The van der Waals surface area contributed by atoms with E-state index < -0.39 is 11.7 Å². The topological polar surface area (TPSA) is 91.4 Å². The number of nitrogens with two attached hydrogens (primary N) is 1. The highest BCUT2D eigenvalue weighted by atomic mass is 127. The third kappa shape index (κ3) is 7.09. The van der Waals surface area contributed by atoms with Crippen LogP contribution >= 0.6 is 46.9 Å². The zero-order valence-corrected chi connectivity index (χ0v) is 19.0. The highest BCUT2D eigenvalue weighted by molar-refractivity contribution is 14.0. The van der Waals surface area contributed by atoms with Crippen LogP contribution in [0.15, 0.2) is 17.1 Å². The number of carbonyl (C=O) groups excluding carboxylic acids is 1. The maximum absolute atomic E-state index is 12.0. The first-order valence-corrected chi connectivity index (χ1v) is 9.31. The molecule has 1 aromatic heterocycles. The lowest BCUT2D eigenvalue weighted by Gasteiger charge is -2.36. The third-order valence-electron chi connectivity index (χ3n) is 3.60. The Bertz CT molecular complexity index is 627. The second kappa shape index (κ2) is 9.95. The molecule has 1 aliphatic heterocycles. The molecule has 1 fully saturated rings. The van der Waals surface area contributed by atoms with E-state index in [1.165, 1.54) is 11.3 Å². The van der Waals surface area contributed by atoms with E-state index in [0.29, 0.717) is 36.5 Å². The van der Waals surface area contributed by atoms with Gasteiger partial charge in [-0.2, -0.15) is 0 Å². The molecule has 2 heterocycles. The Morgan fingerprint density at radius 1 is 1.35 bits per heavy atom. The fourth-order valence-electron chi connectivity index (χ4n) is 2.32. The van der Waals surface area contributed by atoms with Crippen molar-refractivity contribution in [1.29, 1.82) is 0 Å². The normalized spacial score (nSPS) is 16.9. The number of carbonyl (C=O) groups is 1. The fourth-order valence-corrected chi connectivity index (χ4v) is 3.36. The fraction of sp³-hybridized carbons (Fsp3) is 0.625. The van der Waals surface area contributed by atoms with E-state index in [0.717, 1.165) is 4.88 Å². The molecule has 0 radical (unpaired) electrons. The van der Waals surface area contributed by atoms with Crippen LogP contribution in [0.5, 0.6) is 0 Å². The molecule has 0 bridgehead atoms. The van der Waals surface area contributed by atoms with Gasteiger partial charge in [0.1, 0.15) is 11.7 Å². The first-order chi connectivity index (χ1) is 11.7. The monoisotopic (exact) mass is 516 g/mol. The van der Waals surface area contributed by atoms with Crippen LogP contribution < -0.4 is 5.73 Å². The molecular weight excluding hydrogens is 491 g/mol. The zero-order valence-electron chi connectivity index (χ0n) is 15.1. The number of piperazine rings is 1. The van der Waals surface area contributed by atoms with Gasteiger partial charge in [-0.05, 0) is 32.9 Å². The summed E-state index contributed by atoms with van der Waals surface area (Å²) in [6, 6.07) is 3.52. The number of hydrogen-bond donors (Lipinski definition) is 2. The second-order valence-electron chi connectivity index (χ2n) is 6.81. The van der Waals surface area contributed by atoms with Crippen molar-refractivity contribution in [3.8, 4) is 0 Å². The molecule has 0 spiro atoms. The number of guanidine groups is 1. The average molecular weight is 517 g/mol. The minimum absolute atomic E-state index is 0. The molecule has 1 saturated heterocycles. The molecule has 0 aliphatic carbocycles. The number of amides is 1. The van der Waals surface area contributed by atoms with E-state index in [4.69, 9.17) is 22.1 Å². The number of thiophene rings is 1. The van der Waals surface area contributed by atoms with Crippen molar-refractivity contribution < 1.29 is 14.6 Å². The summed E-state index contributed by atoms with van der Waals surface area (Å²) >= 11 is 7.19. The van der Waals surface area contributed by atoms with Gasteiger partial charge in [0.25, 0.3) is 0 Å². The number of rotatable bonds is 3. The van der Waals surface area contributed by atoms with Crippen LogP contribution in [-0.4, -0.2) is 65.3 Å². The SMILES string of the molecule is CC(C)(C)OC(=O)N1CCN(C(N)=NCC(O)c2ccc(Cl)s2)CC1.I. The quantitative estimate of drug-likeness (QED) is 0.366. The molecule has 1 aliphatic rings. The third-order valence-corrected chi connectivity index (χ3v) is 4.94. The molecule has 1 atom stereocenters. The second-order valence-corrected chi connectivity index (χ2v) is 8.56. The number of aliphatic hydroxyl groups excluding tert-OH is 1. The van der Waals surface area contributed by atoms with Gasteiger partial charge in [0.15, 0.2) is 5.96 Å². The van der Waals surface area contributed by atoms with Crippen molar-refractivity contribution in [2.24, 2.45) is 10.7 Å². The molecule has 0 saturated carbocycles. The van der Waals surface area contributed by atoms with Gasteiger partial charge >= 0.3 is 6.09 Å². The Kier molecular flexibility index (Phi) is 8.90. The minimum atomic E-state index is -0.723. The smallest absolute Gasteiger partial charge is 0.410 e. The average Bonchev–Trinajstić information content (AvgIpc) is 2.97. The van der Waals surface area contributed by atoms with Crippen molar-refractivity contribution in [2.45, 2.75) is 32.5 Å². The van der Waals surface area contributed by atoms with Crippen molar-refractivity contribution in [3.05, 3.63) is 21.3 Å². The van der Waals surface area contributed by atoms with E-state index in [1.807, 2.05) is 25.7 Å². The largest absolute Gasteiger partial charge is 0.444 e. The molecule has 2 rings (SSSR count). The number of aliphatic hydroxyl groups is 1. The number of aliphatic imine (C=N–C) groups is 1. The number of ether oxygens (including phenoxy) is 1. The van der Waals surface area contributed by atoms with Crippen LogP contribution in [-0.2, 0) is 4.74 Å². The molecule has 1 aromatic rings. The van der Waals surface area contributed by atoms with E-state index in [-0.39, 0.29) is 36.6 Å². The molecule has 3 N–H and O–H groups in total. The van der Waals surface area contributed by atoms with Gasteiger partial charge < -0.3 is 25.4 Å². The van der Waals surface area contributed by atoms with E-state index in [9.17, 15) is 9.90 Å². The van der Waals surface area contributed by atoms with Gasteiger partial charge in [-0.3, -0.25) is 4.99 Å². The molecule has 7 nitrogen and oxygen atoms in total. The van der Waals surface area contributed by atoms with Crippen LogP contribution in [0.25, 0.3) is 0 Å². The van der Waals surface area contributed by atoms with Gasteiger partial charge in [-0.25, -0.2) is 4.79 Å². The Morgan fingerprint density at radius 3 is 2.42 bits per heavy atom. The summed E-state index contributed by atoms with van der Waals surface area (Å²) in [4.78, 5) is 20.6. The first-order valence-electron chi connectivity index (χ1n) is 8.12. The summed E-state index contributed by atoms with van der Waals surface area (Å²) in [7, 11) is 0. The van der Waals surface area contributed by atoms with Crippen LogP contribution in [0.3, 0.4) is 0 Å². The van der Waals surface area contributed by atoms with E-state index >= 15 is 0 Å². The molecule has 1 unspecified atom stereocenters. The van der Waals surface area contributed by atoms with Crippen LogP contribution in [0.2, 0.25) is 4.34 Å². The summed E-state index contributed by atoms with van der Waals surface area (Å²) in [5, 5.41) is 10.1. The van der Waals surface area contributed by atoms with Gasteiger partial charge in [0.05, 0.1) is 10.9 Å². The lowest BCUT2D eigenvalue weighted by molar-refractivity contribution is 0.0186. The molecule has 148 valence electrons. The molecule has 26 heavy (non-hydrogen) atoms. The standard InChI is InChI=1S/C16H25ClN4O3S.HI/c1-16(2,3)24-15(23)21-8-6-20(7-9-21)14(18)19-10-11(22)12-4-5-13(17)25-12;/h4-5,11,22H,6-10H2,1-3H3,(H2,18,19);1H. The molecular formula is C16H26ClIN4O3S. The number of hydrogen-bond acceptors (Lipinski definition) is 5.